The van der Waals surface area contributed by atoms with E-state index < -0.39 is 0 Å². The van der Waals surface area contributed by atoms with E-state index in [9.17, 15) is 0 Å². The summed E-state index contributed by atoms with van der Waals surface area (Å²) in [5.41, 5.74) is 13.9. The molecule has 17 heavy (non-hydrogen) atoms. The molecular weight excluding hydrogens is 214 g/mol. The summed E-state index contributed by atoms with van der Waals surface area (Å²) in [4.78, 5) is 11.8. The predicted octanol–water partition coefficient (Wildman–Crippen LogP) is 0.744. The van der Waals surface area contributed by atoms with E-state index in [2.05, 4.69) is 26.8 Å². The van der Waals surface area contributed by atoms with Gasteiger partial charge in [0.25, 0.3) is 0 Å². The second-order valence-corrected chi connectivity index (χ2v) is 3.48. The van der Waals surface area contributed by atoms with E-state index in [1.165, 1.54) is 0 Å². The summed E-state index contributed by atoms with van der Waals surface area (Å²) >= 11 is 0. The van der Waals surface area contributed by atoms with Gasteiger partial charge < -0.3 is 11.5 Å². The van der Waals surface area contributed by atoms with Crippen LogP contribution in [0.25, 0.3) is 0 Å². The molecule has 0 amide bonds. The van der Waals surface area contributed by atoms with Crippen molar-refractivity contribution in [3.8, 4) is 11.8 Å². The monoisotopic (exact) mass is 225 g/mol. The number of rotatable bonds is 0. The zero-order chi connectivity index (χ0) is 12.3. The summed E-state index contributed by atoms with van der Waals surface area (Å²) in [5, 5.41) is 0. The number of nitrogen functional groups attached to an aromatic ring is 2. The first-order chi connectivity index (χ1) is 8.15. The number of nitrogens with two attached hydrogens (primary N) is 2. The van der Waals surface area contributed by atoms with E-state index in [1.807, 2.05) is 6.92 Å². The fraction of sp³-hybridized carbons (Fsp3) is 0.0833. The Morgan fingerprint density at radius 1 is 1.00 bits per heavy atom. The van der Waals surface area contributed by atoms with Crippen molar-refractivity contribution in [2.24, 2.45) is 0 Å². The zero-order valence-electron chi connectivity index (χ0n) is 9.31. The molecule has 0 aromatic carbocycles. The van der Waals surface area contributed by atoms with Crippen LogP contribution < -0.4 is 11.5 Å². The van der Waals surface area contributed by atoms with Gasteiger partial charge in [-0.1, -0.05) is 11.8 Å². The van der Waals surface area contributed by atoms with E-state index in [-0.39, 0.29) is 5.95 Å². The van der Waals surface area contributed by atoms with Crippen molar-refractivity contribution in [2.45, 2.75) is 6.92 Å². The number of pyridine rings is 1. The summed E-state index contributed by atoms with van der Waals surface area (Å²) in [6.07, 6.45) is 4.75. The quantitative estimate of drug-likeness (QED) is 0.645. The van der Waals surface area contributed by atoms with Crippen molar-refractivity contribution in [1.29, 1.82) is 0 Å². The lowest BCUT2D eigenvalue weighted by molar-refractivity contribution is 1.17. The van der Waals surface area contributed by atoms with Gasteiger partial charge in [-0.25, -0.2) is 9.97 Å². The third kappa shape index (κ3) is 2.69. The molecule has 0 bridgehead atoms. The van der Waals surface area contributed by atoms with Crippen molar-refractivity contribution in [1.82, 2.24) is 15.0 Å². The van der Waals surface area contributed by atoms with E-state index in [0.29, 0.717) is 11.3 Å². The van der Waals surface area contributed by atoms with Crippen molar-refractivity contribution in [3.05, 3.63) is 41.5 Å². The summed E-state index contributed by atoms with van der Waals surface area (Å²) in [6, 6.07) is 1.79. The molecule has 0 aliphatic heterocycles. The lowest BCUT2D eigenvalue weighted by Gasteiger charge is -1.97. The molecule has 2 aromatic rings. The van der Waals surface area contributed by atoms with Crippen LogP contribution in [0.4, 0.5) is 11.6 Å². The summed E-state index contributed by atoms with van der Waals surface area (Å²) < 4.78 is 0. The van der Waals surface area contributed by atoms with Crippen LogP contribution in [-0.4, -0.2) is 15.0 Å². The third-order valence-electron chi connectivity index (χ3n) is 2.12. The standard InChI is InChI=1S/C12H11N5/c1-8-10(4-11(13)7-15-8)3-2-9-5-16-12(14)17-6-9/h4-7H,13H2,1H3,(H2,14,16,17). The summed E-state index contributed by atoms with van der Waals surface area (Å²) in [6.45, 7) is 1.88. The highest BCUT2D eigenvalue weighted by Gasteiger charge is 1.96. The number of aromatic nitrogens is 3. The van der Waals surface area contributed by atoms with Gasteiger partial charge in [0, 0.05) is 18.0 Å². The molecule has 5 heteroatoms. The molecular formula is C12H11N5. The number of hydrogen-bond acceptors (Lipinski definition) is 5. The van der Waals surface area contributed by atoms with Crippen molar-refractivity contribution in [3.63, 3.8) is 0 Å². The smallest absolute Gasteiger partial charge is 0.219 e. The molecule has 0 saturated heterocycles. The van der Waals surface area contributed by atoms with E-state index in [4.69, 9.17) is 11.5 Å². The molecule has 0 aliphatic carbocycles. The van der Waals surface area contributed by atoms with E-state index >= 15 is 0 Å². The highest BCUT2D eigenvalue weighted by Crippen LogP contribution is 2.08. The zero-order valence-corrected chi connectivity index (χ0v) is 9.31. The molecule has 0 unspecified atom stereocenters. The van der Waals surface area contributed by atoms with Crippen molar-refractivity contribution < 1.29 is 0 Å². The van der Waals surface area contributed by atoms with Crippen LogP contribution in [0.3, 0.4) is 0 Å². The molecule has 5 nitrogen and oxygen atoms in total. The normalized spacial score (nSPS) is 9.47. The Morgan fingerprint density at radius 2 is 1.71 bits per heavy atom. The number of aryl methyl sites for hydroxylation is 1. The highest BCUT2D eigenvalue weighted by molar-refractivity contribution is 5.49. The van der Waals surface area contributed by atoms with Crippen molar-refractivity contribution in [2.75, 3.05) is 11.5 Å². The molecule has 84 valence electrons. The second kappa shape index (κ2) is 4.49. The fourth-order valence-corrected chi connectivity index (χ4v) is 1.22. The van der Waals surface area contributed by atoms with E-state index in [0.717, 1.165) is 11.3 Å². The maximum Gasteiger partial charge on any atom is 0.219 e. The Morgan fingerprint density at radius 3 is 2.41 bits per heavy atom. The Bertz CT molecular complexity index is 593. The van der Waals surface area contributed by atoms with Crippen LogP contribution in [0.1, 0.15) is 16.8 Å². The topological polar surface area (TPSA) is 90.7 Å². The van der Waals surface area contributed by atoms with Gasteiger partial charge in [0.15, 0.2) is 0 Å². The Kier molecular flexibility index (Phi) is 2.88. The molecule has 2 heterocycles. The number of hydrogen-bond donors (Lipinski definition) is 2. The first-order valence-electron chi connectivity index (χ1n) is 4.97. The van der Waals surface area contributed by atoms with Crippen LogP contribution in [0, 0.1) is 18.8 Å². The molecule has 0 fully saturated rings. The van der Waals surface area contributed by atoms with Crippen LogP contribution in [-0.2, 0) is 0 Å². The summed E-state index contributed by atoms with van der Waals surface area (Å²) in [7, 11) is 0. The molecule has 2 aromatic heterocycles. The molecule has 0 spiro atoms. The largest absolute Gasteiger partial charge is 0.397 e. The Labute approximate surface area is 98.9 Å². The Balaban J connectivity index is 2.32. The molecule has 2 rings (SSSR count). The highest BCUT2D eigenvalue weighted by atomic mass is 15.0. The van der Waals surface area contributed by atoms with Gasteiger partial charge in [0.1, 0.15) is 0 Å². The average molecular weight is 225 g/mol. The van der Waals surface area contributed by atoms with Gasteiger partial charge in [-0.3, -0.25) is 4.98 Å². The average Bonchev–Trinajstić information content (AvgIpc) is 2.32. The lowest BCUT2D eigenvalue weighted by Crippen LogP contribution is -1.94. The van der Waals surface area contributed by atoms with Gasteiger partial charge in [-0.15, -0.1) is 0 Å². The van der Waals surface area contributed by atoms with Gasteiger partial charge in [0.2, 0.25) is 5.95 Å². The minimum Gasteiger partial charge on any atom is -0.397 e. The maximum absolute atomic E-state index is 5.64. The van der Waals surface area contributed by atoms with Gasteiger partial charge in [-0.05, 0) is 13.0 Å². The molecule has 4 N–H and O–H groups in total. The SMILES string of the molecule is Cc1ncc(N)cc1C#Cc1cnc(N)nc1. The fourth-order valence-electron chi connectivity index (χ4n) is 1.22. The molecule has 0 saturated carbocycles. The lowest BCUT2D eigenvalue weighted by atomic mass is 10.2. The van der Waals surface area contributed by atoms with Crippen LogP contribution in [0.15, 0.2) is 24.7 Å². The second-order valence-electron chi connectivity index (χ2n) is 3.48. The summed E-state index contributed by atoms with van der Waals surface area (Å²) in [5.74, 6) is 6.14. The molecule has 0 aliphatic rings. The van der Waals surface area contributed by atoms with Crippen LogP contribution >= 0.6 is 0 Å². The third-order valence-corrected chi connectivity index (χ3v) is 2.12. The minimum atomic E-state index is 0.234. The van der Waals surface area contributed by atoms with E-state index in [1.54, 1.807) is 24.7 Å². The predicted molar refractivity (Wildman–Crippen MR) is 65.8 cm³/mol. The molecule has 0 atom stereocenters. The van der Waals surface area contributed by atoms with Gasteiger partial charge in [-0.2, -0.15) is 0 Å². The van der Waals surface area contributed by atoms with Crippen LogP contribution in [0.2, 0.25) is 0 Å². The van der Waals surface area contributed by atoms with Crippen molar-refractivity contribution >= 4 is 11.6 Å². The first kappa shape index (κ1) is 10.9. The van der Waals surface area contributed by atoms with Gasteiger partial charge in [0.05, 0.1) is 23.1 Å². The number of nitrogens with zero attached hydrogens (tertiary/aromatic N) is 3. The van der Waals surface area contributed by atoms with Gasteiger partial charge >= 0.3 is 0 Å². The van der Waals surface area contributed by atoms with Crippen LogP contribution in [0.5, 0.6) is 0 Å². The first-order valence-corrected chi connectivity index (χ1v) is 4.97. The number of anilines is 2. The minimum absolute atomic E-state index is 0.234. The maximum atomic E-state index is 5.64. The Hall–Kier alpha value is -2.61. The molecule has 0 radical (unpaired) electrons.